The van der Waals surface area contributed by atoms with Crippen LogP contribution in [0.15, 0.2) is 12.1 Å². The van der Waals surface area contributed by atoms with Crippen molar-refractivity contribution in [2.45, 2.75) is 6.54 Å². The normalized spacial score (nSPS) is 9.23. The standard InChI is InChI=1S/C7H6N4O2/c8-3-5-1-6(4-9)10-7(2-5)11(12)13/h1-2H,3,8H2. The molecular weight excluding hydrogens is 172 g/mol. The van der Waals surface area contributed by atoms with E-state index in [1.165, 1.54) is 12.1 Å². The van der Waals surface area contributed by atoms with Crippen LogP contribution in [-0.2, 0) is 6.54 Å². The lowest BCUT2D eigenvalue weighted by Crippen LogP contribution is -2.01. The molecule has 0 amide bonds. The van der Waals surface area contributed by atoms with Crippen LogP contribution in [-0.4, -0.2) is 9.91 Å². The number of hydrogen-bond donors (Lipinski definition) is 1. The van der Waals surface area contributed by atoms with Crippen LogP contribution < -0.4 is 5.73 Å². The first-order valence-electron chi connectivity index (χ1n) is 3.43. The smallest absolute Gasteiger partial charge is 0.358 e. The molecule has 1 aromatic heterocycles. The molecule has 0 aromatic carbocycles. The van der Waals surface area contributed by atoms with Gasteiger partial charge in [0.05, 0.1) is 0 Å². The summed E-state index contributed by atoms with van der Waals surface area (Å²) in [5.74, 6) is -0.348. The van der Waals surface area contributed by atoms with Crippen molar-refractivity contribution in [3.63, 3.8) is 0 Å². The number of nitrogens with zero attached hydrogens (tertiary/aromatic N) is 3. The van der Waals surface area contributed by atoms with Crippen molar-refractivity contribution < 1.29 is 4.92 Å². The summed E-state index contributed by atoms with van der Waals surface area (Å²) in [4.78, 5) is 13.2. The molecule has 6 heteroatoms. The molecule has 1 aromatic rings. The first-order chi connectivity index (χ1) is 6.17. The molecule has 6 nitrogen and oxygen atoms in total. The number of aromatic nitrogens is 1. The third kappa shape index (κ3) is 1.98. The van der Waals surface area contributed by atoms with Crippen LogP contribution in [0.1, 0.15) is 11.3 Å². The summed E-state index contributed by atoms with van der Waals surface area (Å²) in [5, 5.41) is 18.8. The average molecular weight is 178 g/mol. The summed E-state index contributed by atoms with van der Waals surface area (Å²) >= 11 is 0. The number of rotatable bonds is 2. The monoisotopic (exact) mass is 178 g/mol. The van der Waals surface area contributed by atoms with Crippen molar-refractivity contribution in [1.82, 2.24) is 4.98 Å². The Balaban J connectivity index is 3.24. The first-order valence-corrected chi connectivity index (χ1v) is 3.43. The third-order valence-electron chi connectivity index (χ3n) is 1.41. The molecule has 66 valence electrons. The highest BCUT2D eigenvalue weighted by atomic mass is 16.6. The van der Waals surface area contributed by atoms with Crippen molar-refractivity contribution in [3.8, 4) is 6.07 Å². The van der Waals surface area contributed by atoms with E-state index in [4.69, 9.17) is 11.0 Å². The average Bonchev–Trinajstić information content (AvgIpc) is 2.16. The Morgan fingerprint density at radius 3 is 2.85 bits per heavy atom. The summed E-state index contributed by atoms with van der Waals surface area (Å²) in [6.45, 7) is 0.151. The van der Waals surface area contributed by atoms with Gasteiger partial charge in [-0.3, -0.25) is 0 Å². The van der Waals surface area contributed by atoms with E-state index in [9.17, 15) is 10.1 Å². The van der Waals surface area contributed by atoms with Crippen molar-refractivity contribution in [1.29, 1.82) is 5.26 Å². The Kier molecular flexibility index (Phi) is 2.52. The van der Waals surface area contributed by atoms with Gasteiger partial charge >= 0.3 is 5.82 Å². The summed E-state index contributed by atoms with van der Waals surface area (Å²) in [6.07, 6.45) is 0. The summed E-state index contributed by atoms with van der Waals surface area (Å²) in [7, 11) is 0. The third-order valence-corrected chi connectivity index (χ3v) is 1.41. The van der Waals surface area contributed by atoms with Crippen molar-refractivity contribution in [3.05, 3.63) is 33.5 Å². The lowest BCUT2D eigenvalue weighted by molar-refractivity contribution is -0.389. The Labute approximate surface area is 73.8 Å². The maximum Gasteiger partial charge on any atom is 0.365 e. The molecular formula is C7H6N4O2. The molecule has 0 aliphatic rings. The molecule has 2 N–H and O–H groups in total. The van der Waals surface area contributed by atoms with Crippen LogP contribution in [0.25, 0.3) is 0 Å². The molecule has 13 heavy (non-hydrogen) atoms. The largest absolute Gasteiger partial charge is 0.365 e. The topological polar surface area (TPSA) is 106 Å². The summed E-state index contributed by atoms with van der Waals surface area (Å²) in [6, 6.07) is 4.40. The number of nitrogens with two attached hydrogens (primary N) is 1. The van der Waals surface area contributed by atoms with Crippen molar-refractivity contribution in [2.24, 2.45) is 5.73 Å². The minimum Gasteiger partial charge on any atom is -0.358 e. The second-order valence-corrected chi connectivity index (χ2v) is 2.29. The van der Waals surface area contributed by atoms with Crippen LogP contribution in [0.4, 0.5) is 5.82 Å². The number of hydrogen-bond acceptors (Lipinski definition) is 5. The van der Waals surface area contributed by atoms with Gasteiger partial charge in [0.15, 0.2) is 0 Å². The molecule has 0 spiro atoms. The van der Waals surface area contributed by atoms with E-state index in [-0.39, 0.29) is 18.1 Å². The van der Waals surface area contributed by atoms with Gasteiger partial charge in [0.25, 0.3) is 5.69 Å². The fourth-order valence-electron chi connectivity index (χ4n) is 0.840. The van der Waals surface area contributed by atoms with Gasteiger partial charge in [0.2, 0.25) is 0 Å². The first kappa shape index (κ1) is 9.09. The van der Waals surface area contributed by atoms with Gasteiger partial charge < -0.3 is 15.8 Å². The maximum absolute atomic E-state index is 10.3. The van der Waals surface area contributed by atoms with E-state index in [0.29, 0.717) is 5.56 Å². The molecule has 0 atom stereocenters. The highest BCUT2D eigenvalue weighted by Gasteiger charge is 2.11. The van der Waals surface area contributed by atoms with Gasteiger partial charge in [-0.2, -0.15) is 5.26 Å². The Bertz CT molecular complexity index is 383. The second-order valence-electron chi connectivity index (χ2n) is 2.29. The number of pyridine rings is 1. The van der Waals surface area contributed by atoms with Gasteiger partial charge in [0, 0.05) is 18.7 Å². The van der Waals surface area contributed by atoms with E-state index < -0.39 is 4.92 Å². The fourth-order valence-corrected chi connectivity index (χ4v) is 0.840. The minimum atomic E-state index is -0.653. The van der Waals surface area contributed by atoms with Gasteiger partial charge in [-0.1, -0.05) is 0 Å². The second kappa shape index (κ2) is 3.60. The van der Waals surface area contributed by atoms with Crippen molar-refractivity contribution in [2.75, 3.05) is 0 Å². The predicted octanol–water partition coefficient (Wildman–Crippen LogP) is 0.320. The zero-order valence-electron chi connectivity index (χ0n) is 6.60. The van der Waals surface area contributed by atoms with E-state index >= 15 is 0 Å². The molecule has 0 fully saturated rings. The van der Waals surface area contributed by atoms with Gasteiger partial charge in [-0.15, -0.1) is 0 Å². The lowest BCUT2D eigenvalue weighted by Gasteiger charge is -1.95. The highest BCUT2D eigenvalue weighted by Crippen LogP contribution is 2.11. The van der Waals surface area contributed by atoms with E-state index in [1.54, 1.807) is 6.07 Å². The zero-order valence-corrected chi connectivity index (χ0v) is 6.60. The Hall–Kier alpha value is -2.00. The van der Waals surface area contributed by atoms with Crippen LogP contribution in [0, 0.1) is 21.4 Å². The van der Waals surface area contributed by atoms with Crippen LogP contribution in [0.5, 0.6) is 0 Å². The highest BCUT2D eigenvalue weighted by molar-refractivity contribution is 5.34. The molecule has 1 heterocycles. The Morgan fingerprint density at radius 1 is 1.69 bits per heavy atom. The number of nitriles is 1. The van der Waals surface area contributed by atoms with Crippen LogP contribution in [0.3, 0.4) is 0 Å². The Morgan fingerprint density at radius 2 is 2.38 bits per heavy atom. The molecule has 1 rings (SSSR count). The summed E-state index contributed by atoms with van der Waals surface area (Å²) in [5.41, 5.74) is 5.82. The van der Waals surface area contributed by atoms with Gasteiger partial charge in [-0.05, 0) is 15.5 Å². The van der Waals surface area contributed by atoms with E-state index in [0.717, 1.165) is 0 Å². The maximum atomic E-state index is 10.3. The van der Waals surface area contributed by atoms with E-state index in [2.05, 4.69) is 4.98 Å². The van der Waals surface area contributed by atoms with Crippen molar-refractivity contribution >= 4 is 5.82 Å². The van der Waals surface area contributed by atoms with Crippen LogP contribution >= 0.6 is 0 Å². The molecule has 0 saturated heterocycles. The molecule has 0 saturated carbocycles. The summed E-state index contributed by atoms with van der Waals surface area (Å²) < 4.78 is 0. The quantitative estimate of drug-likeness (QED) is 0.518. The molecule has 0 bridgehead atoms. The van der Waals surface area contributed by atoms with Gasteiger partial charge in [0.1, 0.15) is 6.07 Å². The minimum absolute atomic E-state index is 0.00894. The molecule has 0 aliphatic carbocycles. The predicted molar refractivity (Wildman–Crippen MR) is 43.5 cm³/mol. The van der Waals surface area contributed by atoms with Gasteiger partial charge in [-0.25, -0.2) is 0 Å². The van der Waals surface area contributed by atoms with Crippen LogP contribution in [0.2, 0.25) is 0 Å². The SMILES string of the molecule is N#Cc1cc(CN)cc([N+](=O)[O-])n1. The zero-order chi connectivity index (χ0) is 9.84. The fraction of sp³-hybridized carbons (Fsp3) is 0.143. The van der Waals surface area contributed by atoms with E-state index in [1.807, 2.05) is 0 Å². The number of nitro groups is 1. The molecule has 0 aliphatic heterocycles. The molecule has 0 radical (unpaired) electrons. The molecule has 0 unspecified atom stereocenters. The lowest BCUT2D eigenvalue weighted by atomic mass is 10.2.